The number of hydrogen-bond donors (Lipinski definition) is 1. The van der Waals surface area contributed by atoms with Crippen molar-refractivity contribution in [3.05, 3.63) is 282 Å². The van der Waals surface area contributed by atoms with Gasteiger partial charge in [-0.2, -0.15) is 0 Å². The first-order valence-corrected chi connectivity index (χ1v) is 41.0. The van der Waals surface area contributed by atoms with E-state index in [-0.39, 0.29) is 20.1 Å². The Morgan fingerprint density at radius 1 is 0.279 bits per heavy atom. The van der Waals surface area contributed by atoms with Gasteiger partial charge < -0.3 is 29.5 Å². The van der Waals surface area contributed by atoms with Gasteiger partial charge in [0.1, 0.15) is 23.0 Å². The average molecular weight is 1470 g/mol. The van der Waals surface area contributed by atoms with Crippen LogP contribution in [0.4, 0.5) is 62.6 Å². The van der Waals surface area contributed by atoms with E-state index in [0.29, 0.717) is 0 Å². The predicted octanol–water partition coefficient (Wildman–Crippen LogP) is 21.8. The summed E-state index contributed by atoms with van der Waals surface area (Å²) in [6.07, 6.45) is 0. The van der Waals surface area contributed by atoms with Crippen molar-refractivity contribution in [3.63, 3.8) is 0 Å². The fraction of sp³-hybridized carbons (Fsp3) is 0.180. The number of fused-ring (bicyclic) bond motifs is 16. The molecule has 0 aliphatic carbocycles. The predicted molar refractivity (Wildman–Crippen MR) is 480 cm³/mol. The van der Waals surface area contributed by atoms with Crippen molar-refractivity contribution < 1.29 is 9.47 Å². The summed E-state index contributed by atoms with van der Waals surface area (Å²) in [5.41, 5.74) is 51.1. The molecule has 2 aromatic heterocycles. The number of rotatable bonds is 6. The van der Waals surface area contributed by atoms with Gasteiger partial charge in [-0.15, -0.1) is 22.7 Å². The molecule has 21 rings (SSSR count). The lowest BCUT2D eigenvalue weighted by Crippen LogP contribution is -2.65. The van der Waals surface area contributed by atoms with E-state index in [0.717, 1.165) is 67.6 Å². The molecule has 0 saturated carbocycles. The fourth-order valence-corrected chi connectivity index (χ4v) is 24.3. The van der Waals surface area contributed by atoms with E-state index in [2.05, 4.69) is 327 Å². The Morgan fingerprint density at radius 2 is 0.604 bits per heavy atom. The Labute approximate surface area is 661 Å². The second-order valence-electron chi connectivity index (χ2n) is 33.5. The van der Waals surface area contributed by atoms with Crippen LogP contribution >= 0.6 is 22.7 Å². The van der Waals surface area contributed by atoms with Gasteiger partial charge in [0.15, 0.2) is 0 Å². The van der Waals surface area contributed by atoms with Crippen LogP contribution in [0.15, 0.2) is 182 Å². The molecule has 1 N–H and O–H groups in total. The van der Waals surface area contributed by atoms with Crippen LogP contribution in [0.5, 0.6) is 23.0 Å². The van der Waals surface area contributed by atoms with Gasteiger partial charge in [-0.05, 0) is 336 Å². The SMILES string of the molecule is Cc1cc(C)c(-c2cc3c4c(c2)Oc2c(sc5ccccc25)B4c2cc4c(cc2N3)N(c2c(C)cc(C)cc2C)c2cc(-c3c(C)cc(C)cc3C)cc3c2B4c2cc4c(cc2N3c2c(C)cc(C)cc2C)N(c2c(C)cc(C)cc2C)c2cc(-c3c(C)cc(C)cc3C)cc3c2B4c2sc4ccccc4c2O3)c(C)c1. The molecule has 0 bridgehead atoms. The zero-order chi connectivity index (χ0) is 76.2. The van der Waals surface area contributed by atoms with Gasteiger partial charge in [-0.3, -0.25) is 0 Å². The van der Waals surface area contributed by atoms with E-state index in [1.165, 1.54) is 219 Å². The van der Waals surface area contributed by atoms with Crippen LogP contribution < -0.4 is 77.3 Å². The van der Waals surface area contributed by atoms with Crippen LogP contribution in [0.3, 0.4) is 0 Å². The van der Waals surface area contributed by atoms with Gasteiger partial charge in [-0.25, -0.2) is 0 Å². The van der Waals surface area contributed by atoms with Crippen LogP contribution in [0.2, 0.25) is 0 Å². The molecule has 111 heavy (non-hydrogen) atoms. The first-order chi connectivity index (χ1) is 53.4. The second kappa shape index (κ2) is 24.1. The van der Waals surface area contributed by atoms with Crippen molar-refractivity contribution in [3.8, 4) is 56.4 Å². The Morgan fingerprint density at radius 3 is 1.02 bits per heavy atom. The van der Waals surface area contributed by atoms with Crippen molar-refractivity contribution >= 4 is 173 Å². The number of nitrogens with one attached hydrogen (secondary N) is 1. The van der Waals surface area contributed by atoms with E-state index >= 15 is 0 Å². The highest BCUT2D eigenvalue weighted by atomic mass is 32.1. The monoisotopic (exact) mass is 1470 g/mol. The first-order valence-electron chi connectivity index (χ1n) is 39.3. The van der Waals surface area contributed by atoms with Crippen LogP contribution in [-0.2, 0) is 0 Å². The number of hydrogen-bond acceptors (Lipinski definition) is 8. The van der Waals surface area contributed by atoms with Gasteiger partial charge in [-0.1, -0.05) is 143 Å². The highest BCUT2D eigenvalue weighted by Gasteiger charge is 2.52. The molecule has 6 aliphatic heterocycles. The molecule has 0 radical (unpaired) electrons. The third-order valence-electron chi connectivity index (χ3n) is 25.2. The smallest absolute Gasteiger partial charge is 0.268 e. The zero-order valence-electron chi connectivity index (χ0n) is 66.5. The highest BCUT2D eigenvalue weighted by molar-refractivity contribution is 7.34. The number of anilines is 11. The van der Waals surface area contributed by atoms with Crippen LogP contribution in [-0.4, -0.2) is 20.1 Å². The molecule has 11 heteroatoms. The van der Waals surface area contributed by atoms with Crippen molar-refractivity contribution in [2.45, 2.75) is 125 Å². The van der Waals surface area contributed by atoms with Crippen molar-refractivity contribution in [1.29, 1.82) is 0 Å². The molecular weight excluding hydrogens is 1390 g/mol. The summed E-state index contributed by atoms with van der Waals surface area (Å²) in [5, 5.41) is 6.59. The third-order valence-corrected chi connectivity index (χ3v) is 27.6. The maximum absolute atomic E-state index is 7.71. The Kier molecular flexibility index (Phi) is 14.8. The Hall–Kier alpha value is -11.2. The molecule has 0 amide bonds. The molecule has 13 aromatic carbocycles. The van der Waals surface area contributed by atoms with Gasteiger partial charge in [0.25, 0.3) is 20.1 Å². The zero-order valence-corrected chi connectivity index (χ0v) is 68.2. The number of ether oxygens (including phenoxy) is 2. The molecule has 0 saturated heterocycles. The Balaban J connectivity index is 0.927. The summed E-state index contributed by atoms with van der Waals surface area (Å²) in [7, 11) is 0. The molecule has 0 atom stereocenters. The standard InChI is InChI=1S/C100H85B3N4O2S2/c1-49-27-55(7)88(56(8)28-49)67-39-77-91-84(43-67)108-97-70-23-19-21-25-86(70)110-99(97)102(91)72-45-73-78(47-76(72)104-77)105(94-61(13)33-52(4)34-62(94)14)81-40-68(89-57(9)29-50(2)30-58(89)10)41-82-92(81)101(73)74-46-75-80(48-79(74)106(82)95-63(15)35-53(5)36-64(95)16)107(96-65(17)37-54(6)38-66(96)18)83-42-69(90-59(11)31-51(3)32-60(90)12)44-85-93(83)103(75)100-98(109-85)71-24-20-22-26-87(71)111-100/h19-48,104H,1-18H3. The lowest BCUT2D eigenvalue weighted by Gasteiger charge is -2.48. The maximum atomic E-state index is 7.71. The first kappa shape index (κ1) is 67.9. The topological polar surface area (TPSA) is 40.2 Å². The fourth-order valence-electron chi connectivity index (χ4n) is 21.8. The number of nitrogens with zero attached hydrogens (tertiary/aromatic N) is 3. The summed E-state index contributed by atoms with van der Waals surface area (Å²) >= 11 is 3.78. The largest absolute Gasteiger partial charge is 0.457 e. The molecule has 6 nitrogen and oxygen atoms in total. The lowest BCUT2D eigenvalue weighted by atomic mass is 9.30. The third kappa shape index (κ3) is 9.83. The number of thiophene rings is 2. The van der Waals surface area contributed by atoms with Gasteiger partial charge in [0.05, 0.1) is 17.1 Å². The molecule has 6 aliphatic rings. The molecule has 8 heterocycles. The number of benzene rings is 13. The van der Waals surface area contributed by atoms with E-state index < -0.39 is 0 Å². The number of aryl methyl sites for hydroxylation is 18. The van der Waals surface area contributed by atoms with Gasteiger partial charge >= 0.3 is 0 Å². The normalized spacial score (nSPS) is 13.6. The highest BCUT2D eigenvalue weighted by Crippen LogP contribution is 2.55. The van der Waals surface area contributed by atoms with Crippen molar-refractivity contribution in [1.82, 2.24) is 0 Å². The summed E-state index contributed by atoms with van der Waals surface area (Å²) in [5.74, 6) is 3.72. The minimum atomic E-state index is -0.291. The average Bonchev–Trinajstić information content (AvgIpc) is 1.24. The van der Waals surface area contributed by atoms with E-state index in [9.17, 15) is 0 Å². The summed E-state index contributed by atoms with van der Waals surface area (Å²) in [6.45, 7) is 40.5. The lowest BCUT2D eigenvalue weighted by molar-refractivity contribution is 0.494. The quantitative estimate of drug-likeness (QED) is 0.167. The van der Waals surface area contributed by atoms with E-state index in [4.69, 9.17) is 9.47 Å². The molecule has 0 fully saturated rings. The molecule has 15 aromatic rings. The minimum absolute atomic E-state index is 0.157. The van der Waals surface area contributed by atoms with E-state index in [1.807, 2.05) is 22.7 Å². The van der Waals surface area contributed by atoms with Crippen LogP contribution in [0.25, 0.3) is 53.6 Å². The maximum Gasteiger partial charge on any atom is 0.268 e. The van der Waals surface area contributed by atoms with Crippen LogP contribution in [0.1, 0.15) is 100 Å². The van der Waals surface area contributed by atoms with Gasteiger partial charge in [0.2, 0.25) is 0 Å². The minimum Gasteiger partial charge on any atom is -0.457 e. The summed E-state index contributed by atoms with van der Waals surface area (Å²) in [6, 6.07) is 71.9. The Bertz CT molecular complexity index is 6650. The van der Waals surface area contributed by atoms with Crippen molar-refractivity contribution in [2.75, 3.05) is 20.0 Å². The summed E-state index contributed by atoms with van der Waals surface area (Å²) in [4.78, 5) is 8.14. The van der Waals surface area contributed by atoms with Crippen LogP contribution in [0, 0.1) is 125 Å². The second-order valence-corrected chi connectivity index (χ2v) is 35.7. The molecule has 538 valence electrons. The molecular formula is C100H85B3N4O2S2. The van der Waals surface area contributed by atoms with Gasteiger partial charge in [0, 0.05) is 75.2 Å². The molecule has 0 unspecified atom stereocenters. The molecule has 0 spiro atoms. The van der Waals surface area contributed by atoms with E-state index in [1.54, 1.807) is 0 Å². The summed E-state index contributed by atoms with van der Waals surface area (Å²) < 4.78 is 20.1. The van der Waals surface area contributed by atoms with Crippen molar-refractivity contribution in [2.24, 2.45) is 0 Å².